The molecule has 0 atom stereocenters. The summed E-state index contributed by atoms with van der Waals surface area (Å²) >= 11 is 1.73. The number of carbonyl (C=O) groups is 1. The number of anilines is 1. The second-order valence-corrected chi connectivity index (χ2v) is 6.76. The lowest BCUT2D eigenvalue weighted by Crippen LogP contribution is -2.18. The summed E-state index contributed by atoms with van der Waals surface area (Å²) in [4.78, 5) is 14.1. The molecule has 1 amide bonds. The first-order chi connectivity index (χ1) is 12.2. The fourth-order valence-corrected chi connectivity index (χ4v) is 4.14. The van der Waals surface area contributed by atoms with Crippen molar-refractivity contribution in [2.24, 2.45) is 7.05 Å². The van der Waals surface area contributed by atoms with E-state index in [9.17, 15) is 4.79 Å². The summed E-state index contributed by atoms with van der Waals surface area (Å²) in [6.45, 7) is 0. The highest BCUT2D eigenvalue weighted by Crippen LogP contribution is 2.42. The lowest BCUT2D eigenvalue weighted by molar-refractivity contribution is 0.101. The molecule has 0 fully saturated rings. The van der Waals surface area contributed by atoms with E-state index in [0.717, 1.165) is 22.6 Å². The monoisotopic (exact) mass is 351 g/mol. The van der Waals surface area contributed by atoms with Crippen LogP contribution in [0.15, 0.2) is 53.4 Å². The van der Waals surface area contributed by atoms with Gasteiger partial charge in [0.05, 0.1) is 18.5 Å². The Labute approximate surface area is 150 Å². The first-order valence-electron chi connectivity index (χ1n) is 7.91. The number of rotatable bonds is 3. The number of hydrogen-bond donors (Lipinski definition) is 1. The molecule has 0 bridgehead atoms. The molecule has 1 aromatic heterocycles. The third-order valence-corrected chi connectivity index (χ3v) is 5.33. The van der Waals surface area contributed by atoms with Crippen molar-refractivity contribution < 1.29 is 9.53 Å². The fourth-order valence-electron chi connectivity index (χ4n) is 3.07. The molecular formula is C19H17N3O2S. The highest BCUT2D eigenvalue weighted by atomic mass is 32.2. The van der Waals surface area contributed by atoms with E-state index in [1.54, 1.807) is 23.6 Å². The topological polar surface area (TPSA) is 56.1 Å². The molecule has 2 aromatic carbocycles. The number of hydrogen-bond acceptors (Lipinski definition) is 4. The van der Waals surface area contributed by atoms with Crippen LogP contribution < -0.4 is 10.1 Å². The summed E-state index contributed by atoms with van der Waals surface area (Å²) < 4.78 is 6.98. The van der Waals surface area contributed by atoms with Crippen LogP contribution in [-0.2, 0) is 12.8 Å². The molecule has 0 spiro atoms. The molecule has 0 saturated carbocycles. The first-order valence-corrected chi connectivity index (χ1v) is 8.90. The highest BCUT2D eigenvalue weighted by molar-refractivity contribution is 7.98. The van der Waals surface area contributed by atoms with Crippen LogP contribution in [0.25, 0.3) is 11.3 Å². The van der Waals surface area contributed by atoms with Gasteiger partial charge in [-0.1, -0.05) is 30.3 Å². The van der Waals surface area contributed by atoms with Crippen LogP contribution in [0.5, 0.6) is 5.75 Å². The number of aryl methyl sites for hydroxylation is 1. The molecule has 0 unspecified atom stereocenters. The average Bonchev–Trinajstić information content (AvgIpc) is 2.98. The maximum atomic E-state index is 12.9. The molecule has 0 aliphatic carbocycles. The third kappa shape index (κ3) is 2.68. The Hall–Kier alpha value is -2.73. The van der Waals surface area contributed by atoms with E-state index in [4.69, 9.17) is 4.74 Å². The molecule has 3 aromatic rings. The second kappa shape index (κ2) is 6.29. The molecule has 5 nitrogen and oxygen atoms in total. The SMILES string of the molecule is COc1ccccc1NC(=O)c1c2c(nn1C)-c1ccccc1SC2. The van der Waals surface area contributed by atoms with E-state index in [1.807, 2.05) is 43.4 Å². The molecule has 2 heterocycles. The normalized spacial score (nSPS) is 12.2. The van der Waals surface area contributed by atoms with Gasteiger partial charge < -0.3 is 10.1 Å². The molecule has 1 aliphatic rings. The molecular weight excluding hydrogens is 334 g/mol. The number of methoxy groups -OCH3 is 1. The number of ether oxygens (including phenoxy) is 1. The number of carbonyl (C=O) groups excluding carboxylic acids is 1. The Morgan fingerprint density at radius 1 is 1.20 bits per heavy atom. The Balaban J connectivity index is 1.73. The largest absolute Gasteiger partial charge is 0.495 e. The van der Waals surface area contributed by atoms with Crippen LogP contribution in [0.2, 0.25) is 0 Å². The zero-order valence-electron chi connectivity index (χ0n) is 13.9. The predicted molar refractivity (Wildman–Crippen MR) is 99.2 cm³/mol. The smallest absolute Gasteiger partial charge is 0.274 e. The summed E-state index contributed by atoms with van der Waals surface area (Å²) in [6, 6.07) is 15.5. The van der Waals surface area contributed by atoms with Crippen molar-refractivity contribution in [3.63, 3.8) is 0 Å². The Kier molecular flexibility index (Phi) is 3.97. The third-order valence-electron chi connectivity index (χ3n) is 4.23. The molecule has 0 radical (unpaired) electrons. The summed E-state index contributed by atoms with van der Waals surface area (Å²) in [5, 5.41) is 7.55. The summed E-state index contributed by atoms with van der Waals surface area (Å²) in [7, 11) is 3.40. The molecule has 126 valence electrons. The minimum atomic E-state index is -0.180. The van der Waals surface area contributed by atoms with Gasteiger partial charge in [0.15, 0.2) is 0 Å². The van der Waals surface area contributed by atoms with Gasteiger partial charge in [0.2, 0.25) is 0 Å². The number of nitrogens with zero attached hydrogens (tertiary/aromatic N) is 2. The Morgan fingerprint density at radius 2 is 1.96 bits per heavy atom. The van der Waals surface area contributed by atoms with Crippen molar-refractivity contribution in [3.8, 4) is 17.0 Å². The number of aromatic nitrogens is 2. The first kappa shape index (κ1) is 15.8. The van der Waals surface area contributed by atoms with Gasteiger partial charge in [-0.15, -0.1) is 11.8 Å². The van der Waals surface area contributed by atoms with Crippen LogP contribution in [0.1, 0.15) is 16.1 Å². The average molecular weight is 351 g/mol. The molecule has 25 heavy (non-hydrogen) atoms. The van der Waals surface area contributed by atoms with Crippen LogP contribution in [0, 0.1) is 0 Å². The van der Waals surface area contributed by atoms with Crippen molar-refractivity contribution in [2.45, 2.75) is 10.6 Å². The minimum Gasteiger partial charge on any atom is -0.495 e. The van der Waals surface area contributed by atoms with Crippen molar-refractivity contribution in [1.29, 1.82) is 0 Å². The predicted octanol–water partition coefficient (Wildman–Crippen LogP) is 3.95. The van der Waals surface area contributed by atoms with Crippen molar-refractivity contribution in [3.05, 3.63) is 59.8 Å². The van der Waals surface area contributed by atoms with Crippen LogP contribution in [-0.4, -0.2) is 22.8 Å². The number of nitrogens with one attached hydrogen (secondary N) is 1. The number of amides is 1. The summed E-state index contributed by atoms with van der Waals surface area (Å²) in [5.41, 5.74) is 4.18. The molecule has 4 rings (SSSR count). The van der Waals surface area contributed by atoms with Crippen LogP contribution in [0.3, 0.4) is 0 Å². The van der Waals surface area contributed by atoms with E-state index >= 15 is 0 Å². The molecule has 1 aliphatic heterocycles. The number of para-hydroxylation sites is 2. The van der Waals surface area contributed by atoms with Gasteiger partial charge in [-0.25, -0.2) is 0 Å². The molecule has 0 saturated heterocycles. The van der Waals surface area contributed by atoms with E-state index < -0.39 is 0 Å². The van der Waals surface area contributed by atoms with Gasteiger partial charge in [0.25, 0.3) is 5.91 Å². The lowest BCUT2D eigenvalue weighted by Gasteiger charge is -2.15. The zero-order chi connectivity index (χ0) is 17.4. The van der Waals surface area contributed by atoms with E-state index in [2.05, 4.69) is 22.5 Å². The van der Waals surface area contributed by atoms with Crippen molar-refractivity contribution in [1.82, 2.24) is 9.78 Å². The summed E-state index contributed by atoms with van der Waals surface area (Å²) in [5.74, 6) is 1.18. The van der Waals surface area contributed by atoms with Gasteiger partial charge in [0.1, 0.15) is 11.4 Å². The van der Waals surface area contributed by atoms with Crippen molar-refractivity contribution in [2.75, 3.05) is 12.4 Å². The van der Waals surface area contributed by atoms with Gasteiger partial charge in [0, 0.05) is 28.8 Å². The quantitative estimate of drug-likeness (QED) is 0.776. The Bertz CT molecular complexity index is 965. The fraction of sp³-hybridized carbons (Fsp3) is 0.158. The van der Waals surface area contributed by atoms with E-state index in [-0.39, 0.29) is 5.91 Å². The summed E-state index contributed by atoms with van der Waals surface area (Å²) in [6.07, 6.45) is 0. The lowest BCUT2D eigenvalue weighted by atomic mass is 10.1. The molecule has 1 N–H and O–H groups in total. The number of fused-ring (bicyclic) bond motifs is 3. The Morgan fingerprint density at radius 3 is 2.80 bits per heavy atom. The standard InChI is InChI=1S/C19H17N3O2S/c1-22-18(19(23)20-14-8-4-5-9-15(14)24-2)13-11-25-16-10-6-3-7-12(16)17(13)21-22/h3-10H,11H2,1-2H3,(H,20,23). The number of benzene rings is 2. The van der Waals surface area contributed by atoms with E-state index in [1.165, 1.54) is 4.90 Å². The highest BCUT2D eigenvalue weighted by Gasteiger charge is 2.27. The van der Waals surface area contributed by atoms with Gasteiger partial charge in [-0.05, 0) is 18.2 Å². The number of thioether (sulfide) groups is 1. The maximum Gasteiger partial charge on any atom is 0.274 e. The second-order valence-electron chi connectivity index (χ2n) is 5.74. The van der Waals surface area contributed by atoms with Gasteiger partial charge in [-0.2, -0.15) is 5.10 Å². The maximum absolute atomic E-state index is 12.9. The van der Waals surface area contributed by atoms with Crippen LogP contribution in [0.4, 0.5) is 5.69 Å². The van der Waals surface area contributed by atoms with Crippen molar-refractivity contribution >= 4 is 23.4 Å². The zero-order valence-corrected chi connectivity index (χ0v) is 14.8. The minimum absolute atomic E-state index is 0.180. The van der Waals surface area contributed by atoms with E-state index in [0.29, 0.717) is 17.1 Å². The van der Waals surface area contributed by atoms with Gasteiger partial charge >= 0.3 is 0 Å². The molecule has 6 heteroatoms. The van der Waals surface area contributed by atoms with Crippen LogP contribution >= 0.6 is 11.8 Å². The van der Waals surface area contributed by atoms with Gasteiger partial charge in [-0.3, -0.25) is 9.48 Å².